The van der Waals surface area contributed by atoms with E-state index in [4.69, 9.17) is 23.7 Å². The Morgan fingerprint density at radius 3 is 2.34 bits per heavy atom. The van der Waals surface area contributed by atoms with Crippen molar-refractivity contribution in [2.24, 2.45) is 0 Å². The lowest BCUT2D eigenvalue weighted by atomic mass is 9.91. The van der Waals surface area contributed by atoms with Crippen LogP contribution in [0.1, 0.15) is 52.9 Å². The number of ether oxygens (including phenoxy) is 5. The Morgan fingerprint density at radius 1 is 0.914 bits per heavy atom. The van der Waals surface area contributed by atoms with Gasteiger partial charge in [0, 0.05) is 11.5 Å². The zero-order valence-corrected chi connectivity index (χ0v) is 20.3. The fourth-order valence-corrected chi connectivity index (χ4v) is 4.21. The molecule has 1 N–H and O–H groups in total. The van der Waals surface area contributed by atoms with Gasteiger partial charge in [0.05, 0.1) is 26.9 Å². The Balaban J connectivity index is 1.60. The van der Waals surface area contributed by atoms with E-state index >= 15 is 0 Å². The molecule has 0 fully saturated rings. The minimum Gasteiger partial charge on any atom is -0.504 e. The molecule has 0 saturated heterocycles. The second-order valence-electron chi connectivity index (χ2n) is 8.16. The van der Waals surface area contributed by atoms with E-state index in [1.165, 1.54) is 32.4 Å². The highest BCUT2D eigenvalue weighted by atomic mass is 16.6. The van der Waals surface area contributed by atoms with Crippen LogP contribution in [0, 0.1) is 0 Å². The van der Waals surface area contributed by atoms with E-state index in [0.717, 1.165) is 22.4 Å². The monoisotopic (exact) mass is 476 g/mol. The van der Waals surface area contributed by atoms with Crippen molar-refractivity contribution in [3.63, 3.8) is 0 Å². The Kier molecular flexibility index (Phi) is 6.87. The molecule has 2 atom stereocenters. The molecule has 1 aliphatic rings. The maximum absolute atomic E-state index is 12.7. The largest absolute Gasteiger partial charge is 0.504 e. The van der Waals surface area contributed by atoms with Crippen molar-refractivity contribution in [1.82, 2.24) is 0 Å². The van der Waals surface area contributed by atoms with Crippen molar-refractivity contribution < 1.29 is 33.6 Å². The summed E-state index contributed by atoms with van der Waals surface area (Å²) < 4.78 is 28.1. The molecular formula is C28H28O7. The van der Waals surface area contributed by atoms with E-state index in [-0.39, 0.29) is 34.8 Å². The van der Waals surface area contributed by atoms with E-state index < -0.39 is 5.97 Å². The average Bonchev–Trinajstić information content (AvgIpc) is 3.20. The quantitative estimate of drug-likeness (QED) is 0.335. The van der Waals surface area contributed by atoms with Crippen LogP contribution in [-0.2, 0) is 0 Å². The Bertz CT molecular complexity index is 1280. The normalized spacial score (nSPS) is 16.5. The van der Waals surface area contributed by atoms with E-state index in [9.17, 15) is 9.90 Å². The van der Waals surface area contributed by atoms with Gasteiger partial charge in [0.25, 0.3) is 0 Å². The number of phenolic OH excluding ortho intramolecular Hbond substituents is 1. The van der Waals surface area contributed by atoms with Crippen LogP contribution < -0.4 is 23.7 Å². The lowest BCUT2D eigenvalue weighted by molar-refractivity contribution is 0.0729. The van der Waals surface area contributed by atoms with Crippen molar-refractivity contribution in [3.05, 3.63) is 76.9 Å². The van der Waals surface area contributed by atoms with Gasteiger partial charge in [0.1, 0.15) is 6.10 Å². The van der Waals surface area contributed by atoms with Crippen LogP contribution in [-0.4, -0.2) is 32.4 Å². The zero-order valence-electron chi connectivity index (χ0n) is 20.3. The summed E-state index contributed by atoms with van der Waals surface area (Å²) in [6.07, 6.45) is 3.75. The molecular weight excluding hydrogens is 448 g/mol. The SMILES string of the molecule is CC=Cc1cc(OC)c2c(c1)[C@@H](C)[C@H](c1ccc(OC(=O)c3ccc(O)c(OC)c3)c(OC)c1)O2. The summed E-state index contributed by atoms with van der Waals surface area (Å²) in [5.74, 6) is 1.66. The maximum atomic E-state index is 12.7. The van der Waals surface area contributed by atoms with Crippen LogP contribution in [0.15, 0.2) is 54.6 Å². The van der Waals surface area contributed by atoms with Crippen LogP contribution in [0.25, 0.3) is 6.08 Å². The first-order valence-electron chi connectivity index (χ1n) is 11.2. The first-order valence-corrected chi connectivity index (χ1v) is 11.2. The second kappa shape index (κ2) is 10.0. The summed E-state index contributed by atoms with van der Waals surface area (Å²) in [5.41, 5.74) is 3.23. The molecule has 7 nitrogen and oxygen atoms in total. The minimum atomic E-state index is -0.603. The van der Waals surface area contributed by atoms with Crippen molar-refractivity contribution in [1.29, 1.82) is 0 Å². The molecule has 0 unspecified atom stereocenters. The van der Waals surface area contributed by atoms with E-state index in [1.54, 1.807) is 13.2 Å². The average molecular weight is 477 g/mol. The number of hydrogen-bond donors (Lipinski definition) is 1. The lowest BCUT2D eigenvalue weighted by Gasteiger charge is -2.18. The maximum Gasteiger partial charge on any atom is 0.343 e. The molecule has 0 spiro atoms. The van der Waals surface area contributed by atoms with Gasteiger partial charge in [0.2, 0.25) is 0 Å². The van der Waals surface area contributed by atoms with Crippen molar-refractivity contribution in [3.8, 4) is 34.5 Å². The van der Waals surface area contributed by atoms with Crippen molar-refractivity contribution >= 4 is 12.0 Å². The predicted octanol–water partition coefficient (Wildman–Crippen LogP) is 5.91. The molecule has 3 aromatic rings. The van der Waals surface area contributed by atoms with Gasteiger partial charge in [-0.05, 0) is 60.5 Å². The number of fused-ring (bicyclic) bond motifs is 1. The van der Waals surface area contributed by atoms with Crippen LogP contribution in [0.4, 0.5) is 0 Å². The molecule has 0 radical (unpaired) electrons. The number of carbonyl (C=O) groups excluding carboxylic acids is 1. The third-order valence-electron chi connectivity index (χ3n) is 6.01. The van der Waals surface area contributed by atoms with Crippen LogP contribution >= 0.6 is 0 Å². The first-order chi connectivity index (χ1) is 16.9. The molecule has 1 aliphatic heterocycles. The molecule has 0 saturated carbocycles. The van der Waals surface area contributed by atoms with Gasteiger partial charge in [-0.15, -0.1) is 0 Å². The molecule has 3 aromatic carbocycles. The Labute approximate surface area is 204 Å². The molecule has 1 heterocycles. The summed E-state index contributed by atoms with van der Waals surface area (Å²) in [7, 11) is 4.56. The summed E-state index contributed by atoms with van der Waals surface area (Å²) >= 11 is 0. The van der Waals surface area contributed by atoms with Crippen molar-refractivity contribution in [2.45, 2.75) is 25.9 Å². The number of esters is 1. The number of allylic oxidation sites excluding steroid dienone is 1. The predicted molar refractivity (Wildman–Crippen MR) is 132 cm³/mol. The molecule has 4 rings (SSSR count). The fraction of sp³-hybridized carbons (Fsp3) is 0.250. The standard InChI is InChI=1S/C28H28O7/c1-6-7-17-12-20-16(2)26(35-27(20)25(13-17)33-5)18-9-11-22(24(14-18)32-4)34-28(30)19-8-10-21(29)23(15-19)31-3/h6-16,26,29H,1-5H3/t16-,26-/m1/s1. The summed E-state index contributed by atoms with van der Waals surface area (Å²) in [4.78, 5) is 12.7. The Morgan fingerprint density at radius 2 is 1.66 bits per heavy atom. The number of hydrogen-bond acceptors (Lipinski definition) is 7. The van der Waals surface area contributed by atoms with Gasteiger partial charge in [-0.3, -0.25) is 0 Å². The van der Waals surface area contributed by atoms with Gasteiger partial charge in [-0.2, -0.15) is 0 Å². The lowest BCUT2D eigenvalue weighted by Crippen LogP contribution is -2.11. The highest BCUT2D eigenvalue weighted by Gasteiger charge is 2.35. The summed E-state index contributed by atoms with van der Waals surface area (Å²) in [5, 5.41) is 9.76. The number of benzene rings is 3. The summed E-state index contributed by atoms with van der Waals surface area (Å²) in [6, 6.07) is 13.7. The smallest absolute Gasteiger partial charge is 0.343 e. The van der Waals surface area contributed by atoms with Gasteiger partial charge in [-0.25, -0.2) is 4.79 Å². The Hall–Kier alpha value is -4.13. The molecule has 7 heteroatoms. The van der Waals surface area contributed by atoms with Crippen LogP contribution in [0.2, 0.25) is 0 Å². The molecule has 0 bridgehead atoms. The number of carbonyl (C=O) groups is 1. The van der Waals surface area contributed by atoms with Gasteiger partial charge < -0.3 is 28.8 Å². The van der Waals surface area contributed by atoms with Gasteiger partial charge >= 0.3 is 5.97 Å². The topological polar surface area (TPSA) is 83.5 Å². The summed E-state index contributed by atoms with van der Waals surface area (Å²) in [6.45, 7) is 4.08. The molecule has 35 heavy (non-hydrogen) atoms. The van der Waals surface area contributed by atoms with E-state index in [2.05, 4.69) is 13.0 Å². The van der Waals surface area contributed by atoms with Crippen molar-refractivity contribution in [2.75, 3.05) is 21.3 Å². The fourth-order valence-electron chi connectivity index (χ4n) is 4.21. The molecule has 0 aliphatic carbocycles. The third kappa shape index (κ3) is 4.62. The molecule has 182 valence electrons. The molecule has 0 amide bonds. The highest BCUT2D eigenvalue weighted by molar-refractivity contribution is 5.92. The zero-order chi connectivity index (χ0) is 25.1. The van der Waals surface area contributed by atoms with E-state index in [1.807, 2.05) is 37.3 Å². The van der Waals surface area contributed by atoms with Gasteiger partial charge in [0.15, 0.2) is 34.5 Å². The number of rotatable bonds is 7. The van der Waals surface area contributed by atoms with Gasteiger partial charge in [-0.1, -0.05) is 25.1 Å². The minimum absolute atomic E-state index is 0.0617. The number of phenols is 1. The second-order valence-corrected chi connectivity index (χ2v) is 8.16. The highest BCUT2D eigenvalue weighted by Crippen LogP contribution is 2.51. The number of aromatic hydroxyl groups is 1. The van der Waals surface area contributed by atoms with Crippen LogP contribution in [0.3, 0.4) is 0 Å². The number of methoxy groups -OCH3 is 3. The molecule has 0 aromatic heterocycles. The van der Waals surface area contributed by atoms with E-state index in [0.29, 0.717) is 11.5 Å². The first kappa shape index (κ1) is 24.0. The van der Waals surface area contributed by atoms with Crippen LogP contribution in [0.5, 0.6) is 34.5 Å². The third-order valence-corrected chi connectivity index (χ3v) is 6.01.